The molecule has 1 aromatic carbocycles. The van der Waals surface area contributed by atoms with Crippen LogP contribution in [0.1, 0.15) is 32.2 Å². The van der Waals surface area contributed by atoms with Crippen molar-refractivity contribution >= 4 is 28.9 Å². The molecule has 0 aliphatic heterocycles. The average Bonchev–Trinajstić information content (AvgIpc) is 3.25. The van der Waals surface area contributed by atoms with Gasteiger partial charge in [-0.2, -0.15) is 0 Å². The van der Waals surface area contributed by atoms with Gasteiger partial charge in [0.25, 0.3) is 5.91 Å². The third-order valence-electron chi connectivity index (χ3n) is 4.36. The molecule has 0 fully saturated rings. The van der Waals surface area contributed by atoms with E-state index >= 15 is 0 Å². The highest BCUT2D eigenvalue weighted by atomic mass is 32.1. The van der Waals surface area contributed by atoms with Crippen LogP contribution in [0.3, 0.4) is 0 Å². The van der Waals surface area contributed by atoms with Gasteiger partial charge in [-0.15, -0.1) is 11.3 Å². The summed E-state index contributed by atoms with van der Waals surface area (Å²) < 4.78 is 7.29. The molecule has 2 aromatic heterocycles. The van der Waals surface area contributed by atoms with Gasteiger partial charge in [0.15, 0.2) is 6.61 Å². The molecule has 3 rings (SSSR count). The first-order valence-corrected chi connectivity index (χ1v) is 9.55. The van der Waals surface area contributed by atoms with E-state index in [2.05, 4.69) is 16.0 Å². The van der Waals surface area contributed by atoms with Crippen LogP contribution >= 0.6 is 11.3 Å². The summed E-state index contributed by atoms with van der Waals surface area (Å²) in [5, 5.41) is 4.75. The van der Waals surface area contributed by atoms with Crippen LogP contribution < -0.4 is 5.32 Å². The quantitative estimate of drug-likeness (QED) is 0.646. The van der Waals surface area contributed by atoms with Crippen molar-refractivity contribution in [1.82, 2.24) is 4.57 Å². The smallest absolute Gasteiger partial charge is 0.340 e. The Balaban J connectivity index is 1.60. The second kappa shape index (κ2) is 8.22. The lowest BCUT2D eigenvalue weighted by Crippen LogP contribution is -2.21. The highest BCUT2D eigenvalue weighted by Crippen LogP contribution is 2.20. The van der Waals surface area contributed by atoms with Crippen LogP contribution in [0.5, 0.6) is 0 Å². The van der Waals surface area contributed by atoms with Gasteiger partial charge < -0.3 is 14.6 Å². The minimum atomic E-state index is -0.486. The number of hydrogen-bond acceptors (Lipinski definition) is 4. The molecule has 0 spiro atoms. The first kappa shape index (κ1) is 18.9. The monoisotopic (exact) mass is 382 g/mol. The highest BCUT2D eigenvalue weighted by molar-refractivity contribution is 7.09. The molecule has 0 bridgehead atoms. The number of anilines is 1. The molecule has 0 radical (unpaired) electrons. The Kier molecular flexibility index (Phi) is 5.76. The molecule has 27 heavy (non-hydrogen) atoms. The molecule has 0 atom stereocenters. The topological polar surface area (TPSA) is 60.3 Å². The fourth-order valence-corrected chi connectivity index (χ4v) is 3.54. The van der Waals surface area contributed by atoms with Gasteiger partial charge in [-0.1, -0.05) is 23.8 Å². The first-order chi connectivity index (χ1) is 12.9. The van der Waals surface area contributed by atoms with Crippen molar-refractivity contribution in [3.8, 4) is 0 Å². The summed E-state index contributed by atoms with van der Waals surface area (Å²) in [5.41, 5.74) is 4.10. The number of hydrogen-bond donors (Lipinski definition) is 1. The van der Waals surface area contributed by atoms with Crippen LogP contribution in [0, 0.1) is 20.8 Å². The van der Waals surface area contributed by atoms with E-state index in [0.717, 1.165) is 23.5 Å². The zero-order valence-corrected chi connectivity index (χ0v) is 16.4. The lowest BCUT2D eigenvalue weighted by molar-refractivity contribution is -0.119. The summed E-state index contributed by atoms with van der Waals surface area (Å²) in [4.78, 5) is 25.6. The van der Waals surface area contributed by atoms with Crippen LogP contribution in [0.25, 0.3) is 0 Å². The summed E-state index contributed by atoms with van der Waals surface area (Å²) in [6.07, 6.45) is 0. The number of carbonyl (C=O) groups is 2. The van der Waals surface area contributed by atoms with E-state index in [9.17, 15) is 9.59 Å². The molecule has 0 saturated heterocycles. The molecule has 0 saturated carbocycles. The molecular weight excluding hydrogens is 360 g/mol. The third kappa shape index (κ3) is 4.65. The Morgan fingerprint density at radius 3 is 2.52 bits per heavy atom. The van der Waals surface area contributed by atoms with Gasteiger partial charge in [-0.3, -0.25) is 4.79 Å². The molecule has 0 aliphatic carbocycles. The molecule has 2 heterocycles. The largest absolute Gasteiger partial charge is 0.452 e. The van der Waals surface area contributed by atoms with Crippen molar-refractivity contribution in [3.05, 3.63) is 75.2 Å². The lowest BCUT2D eigenvalue weighted by Gasteiger charge is -2.09. The summed E-state index contributed by atoms with van der Waals surface area (Å²) in [6.45, 7) is 6.23. The SMILES string of the molecule is Cc1ccc(NC(=O)COC(=O)c2cc(C)n(Cc3cccs3)c2C)cc1. The number of esters is 1. The Bertz CT molecular complexity index is 941. The molecule has 6 heteroatoms. The standard InChI is InChI=1S/C21H22N2O3S/c1-14-6-8-17(9-7-14)22-20(24)13-26-21(25)19-11-15(2)23(16(19)3)12-18-5-4-10-27-18/h4-11H,12-13H2,1-3H3,(H,22,24). The van der Waals surface area contributed by atoms with E-state index in [-0.39, 0.29) is 12.5 Å². The Morgan fingerprint density at radius 2 is 1.85 bits per heavy atom. The summed E-state index contributed by atoms with van der Waals surface area (Å²) >= 11 is 1.68. The van der Waals surface area contributed by atoms with Crippen LogP contribution in [0.15, 0.2) is 47.8 Å². The predicted molar refractivity (Wildman–Crippen MR) is 107 cm³/mol. The molecule has 3 aromatic rings. The van der Waals surface area contributed by atoms with Gasteiger partial charge in [0.05, 0.1) is 12.1 Å². The normalized spacial score (nSPS) is 10.6. The van der Waals surface area contributed by atoms with Crippen LogP contribution in [0.2, 0.25) is 0 Å². The van der Waals surface area contributed by atoms with E-state index in [1.54, 1.807) is 11.3 Å². The minimum absolute atomic E-state index is 0.318. The van der Waals surface area contributed by atoms with Crippen molar-refractivity contribution in [2.24, 2.45) is 0 Å². The number of ether oxygens (including phenoxy) is 1. The van der Waals surface area contributed by atoms with E-state index in [1.165, 1.54) is 4.88 Å². The number of carbonyl (C=O) groups excluding carboxylic acids is 2. The fraction of sp³-hybridized carbons (Fsp3) is 0.238. The molecule has 1 amide bonds. The molecule has 0 unspecified atom stereocenters. The van der Waals surface area contributed by atoms with Gasteiger partial charge in [-0.05, 0) is 50.4 Å². The maximum absolute atomic E-state index is 12.4. The first-order valence-electron chi connectivity index (χ1n) is 8.67. The Labute approximate surface area is 162 Å². The summed E-state index contributed by atoms with van der Waals surface area (Å²) in [6, 6.07) is 13.3. The van der Waals surface area contributed by atoms with Gasteiger partial charge in [0.1, 0.15) is 0 Å². The predicted octanol–water partition coefficient (Wildman–Crippen LogP) is 4.32. The average molecular weight is 382 g/mol. The van der Waals surface area contributed by atoms with E-state index < -0.39 is 5.97 Å². The number of aromatic nitrogens is 1. The zero-order chi connectivity index (χ0) is 19.4. The van der Waals surface area contributed by atoms with Crippen molar-refractivity contribution < 1.29 is 14.3 Å². The Hall–Kier alpha value is -2.86. The molecular formula is C21H22N2O3S. The lowest BCUT2D eigenvalue weighted by atomic mass is 10.2. The Morgan fingerprint density at radius 1 is 1.11 bits per heavy atom. The number of aryl methyl sites for hydroxylation is 2. The highest BCUT2D eigenvalue weighted by Gasteiger charge is 2.18. The zero-order valence-electron chi connectivity index (χ0n) is 15.6. The maximum atomic E-state index is 12.4. The fourth-order valence-electron chi connectivity index (χ4n) is 2.85. The van der Waals surface area contributed by atoms with E-state index in [0.29, 0.717) is 11.3 Å². The maximum Gasteiger partial charge on any atom is 0.340 e. The van der Waals surface area contributed by atoms with E-state index in [4.69, 9.17) is 4.74 Å². The van der Waals surface area contributed by atoms with Crippen LogP contribution in [-0.4, -0.2) is 23.1 Å². The third-order valence-corrected chi connectivity index (χ3v) is 5.22. The van der Waals surface area contributed by atoms with Gasteiger partial charge >= 0.3 is 5.97 Å². The number of amides is 1. The van der Waals surface area contributed by atoms with Crippen LogP contribution in [-0.2, 0) is 16.1 Å². The van der Waals surface area contributed by atoms with Crippen molar-refractivity contribution in [3.63, 3.8) is 0 Å². The molecule has 0 aliphatic rings. The van der Waals surface area contributed by atoms with Crippen molar-refractivity contribution in [1.29, 1.82) is 0 Å². The number of rotatable bonds is 6. The number of nitrogens with one attached hydrogen (secondary N) is 1. The summed E-state index contributed by atoms with van der Waals surface area (Å²) in [5.74, 6) is -0.848. The van der Waals surface area contributed by atoms with Gasteiger partial charge in [0.2, 0.25) is 0 Å². The summed E-state index contributed by atoms with van der Waals surface area (Å²) in [7, 11) is 0. The second-order valence-electron chi connectivity index (χ2n) is 6.44. The van der Waals surface area contributed by atoms with E-state index in [1.807, 2.05) is 62.5 Å². The number of benzene rings is 1. The number of thiophene rings is 1. The second-order valence-corrected chi connectivity index (χ2v) is 7.47. The molecule has 5 nitrogen and oxygen atoms in total. The number of nitrogens with zero attached hydrogens (tertiary/aromatic N) is 1. The van der Waals surface area contributed by atoms with Gasteiger partial charge in [-0.25, -0.2) is 4.79 Å². The van der Waals surface area contributed by atoms with Crippen LogP contribution in [0.4, 0.5) is 5.69 Å². The van der Waals surface area contributed by atoms with Crippen molar-refractivity contribution in [2.75, 3.05) is 11.9 Å². The molecule has 140 valence electrons. The van der Waals surface area contributed by atoms with Crippen molar-refractivity contribution in [2.45, 2.75) is 27.3 Å². The van der Waals surface area contributed by atoms with Gasteiger partial charge in [0, 0.05) is 22.0 Å². The minimum Gasteiger partial charge on any atom is -0.452 e. The molecule has 1 N–H and O–H groups in total.